The maximum absolute atomic E-state index is 13.6. The van der Waals surface area contributed by atoms with Gasteiger partial charge in [-0.15, -0.1) is 0 Å². The van der Waals surface area contributed by atoms with Gasteiger partial charge in [-0.05, 0) is 42.8 Å². The van der Waals surface area contributed by atoms with Crippen molar-refractivity contribution in [1.29, 1.82) is 0 Å². The number of amides is 1. The van der Waals surface area contributed by atoms with Crippen molar-refractivity contribution < 1.29 is 19.2 Å². The van der Waals surface area contributed by atoms with Crippen LogP contribution in [0.25, 0.3) is 10.2 Å². The van der Waals surface area contributed by atoms with Gasteiger partial charge in [0.05, 0.1) is 46.0 Å². The average Bonchev–Trinajstić information content (AvgIpc) is 3.45. The monoisotopic (exact) mass is 482 g/mol. The Labute approximate surface area is 196 Å². The number of anilines is 1. The van der Waals surface area contributed by atoms with Gasteiger partial charge in [-0.2, -0.15) is 10.1 Å². The lowest BCUT2D eigenvalue weighted by molar-refractivity contribution is -0.380. The van der Waals surface area contributed by atoms with E-state index in [0.717, 1.165) is 27.1 Å². The van der Waals surface area contributed by atoms with Crippen LogP contribution in [0.15, 0.2) is 53.6 Å². The number of nitro groups is 1. The molecule has 0 N–H and O–H groups in total. The van der Waals surface area contributed by atoms with E-state index in [1.165, 1.54) is 42.8 Å². The summed E-state index contributed by atoms with van der Waals surface area (Å²) in [6.45, 7) is 1.98. The van der Waals surface area contributed by atoms with Crippen LogP contribution in [0.2, 0.25) is 0 Å². The highest BCUT2D eigenvalue weighted by molar-refractivity contribution is 7.22. The van der Waals surface area contributed by atoms with E-state index in [0.29, 0.717) is 15.8 Å². The molecular formula is C22H18N4O5S2. The summed E-state index contributed by atoms with van der Waals surface area (Å²) in [4.78, 5) is 29.2. The number of benzene rings is 2. The summed E-state index contributed by atoms with van der Waals surface area (Å²) in [6.07, 6.45) is 1.40. The number of rotatable bonds is 7. The molecule has 9 nitrogen and oxygen atoms in total. The first-order chi connectivity index (χ1) is 15.9. The molecule has 33 heavy (non-hydrogen) atoms. The molecular weight excluding hydrogens is 464 g/mol. The molecule has 0 unspecified atom stereocenters. The number of fused-ring (bicyclic) bond motifs is 1. The average molecular weight is 483 g/mol. The van der Waals surface area contributed by atoms with Gasteiger partial charge in [-0.3, -0.25) is 14.9 Å². The molecule has 0 aliphatic heterocycles. The van der Waals surface area contributed by atoms with Crippen molar-refractivity contribution >= 4 is 55.1 Å². The Balaban J connectivity index is 1.80. The molecule has 0 saturated carbocycles. The minimum atomic E-state index is -0.483. The number of nitrogens with zero attached hydrogens (tertiary/aromatic N) is 4. The molecule has 0 atom stereocenters. The fourth-order valence-electron chi connectivity index (χ4n) is 3.09. The fraction of sp³-hybridized carbons (Fsp3) is 0.136. The Bertz CT molecular complexity index is 1380. The van der Waals surface area contributed by atoms with E-state index in [-0.39, 0.29) is 16.3 Å². The molecule has 4 aromatic rings. The molecule has 2 aromatic heterocycles. The maximum Gasteiger partial charge on any atom is 0.324 e. The van der Waals surface area contributed by atoms with E-state index < -0.39 is 10.8 Å². The maximum atomic E-state index is 13.6. The minimum Gasteiger partial charge on any atom is -0.493 e. The Morgan fingerprint density at radius 1 is 1.15 bits per heavy atom. The Kier molecular flexibility index (Phi) is 6.33. The topological polar surface area (TPSA) is 107 Å². The van der Waals surface area contributed by atoms with Gasteiger partial charge < -0.3 is 9.47 Å². The Morgan fingerprint density at radius 3 is 2.67 bits per heavy atom. The molecule has 0 radical (unpaired) electrons. The second kappa shape index (κ2) is 9.35. The standard InChI is InChI=1S/C22H18N4O5S2/c1-13-7-9-16-18(11-13)33-22(24-16)25(23-12-14-8-10-19(32-14)26(28)29)21(27)15-5-4-6-17(30-2)20(15)31-3/h4-12H,1-3H3/b23-12+. The van der Waals surface area contributed by atoms with E-state index in [1.807, 2.05) is 25.1 Å². The third-order valence-corrected chi connectivity index (χ3v) is 6.60. The van der Waals surface area contributed by atoms with Crippen LogP contribution in [0.1, 0.15) is 20.8 Å². The van der Waals surface area contributed by atoms with Crippen LogP contribution >= 0.6 is 22.7 Å². The third-order valence-electron chi connectivity index (χ3n) is 4.63. The summed E-state index contributed by atoms with van der Waals surface area (Å²) >= 11 is 2.27. The van der Waals surface area contributed by atoms with E-state index in [9.17, 15) is 14.9 Å². The molecule has 0 fully saturated rings. The molecule has 0 spiro atoms. The van der Waals surface area contributed by atoms with Crippen LogP contribution in [-0.2, 0) is 0 Å². The van der Waals surface area contributed by atoms with Crippen molar-refractivity contribution in [3.8, 4) is 11.5 Å². The highest BCUT2D eigenvalue weighted by Gasteiger charge is 2.26. The number of para-hydroxylation sites is 1. The molecule has 11 heteroatoms. The van der Waals surface area contributed by atoms with Gasteiger partial charge in [-0.25, -0.2) is 4.98 Å². The van der Waals surface area contributed by atoms with Crippen molar-refractivity contribution in [1.82, 2.24) is 4.98 Å². The van der Waals surface area contributed by atoms with Gasteiger partial charge in [0.15, 0.2) is 11.5 Å². The highest BCUT2D eigenvalue weighted by atomic mass is 32.1. The second-order valence-electron chi connectivity index (χ2n) is 6.80. The van der Waals surface area contributed by atoms with Gasteiger partial charge in [0.25, 0.3) is 5.91 Å². The molecule has 2 aromatic carbocycles. The number of carbonyl (C=O) groups excluding carboxylic acids is 1. The van der Waals surface area contributed by atoms with Crippen molar-refractivity contribution in [2.45, 2.75) is 6.92 Å². The first-order valence-corrected chi connectivity index (χ1v) is 11.3. The number of hydrogen-bond donors (Lipinski definition) is 0. The van der Waals surface area contributed by atoms with Crippen LogP contribution in [0.5, 0.6) is 11.5 Å². The number of carbonyl (C=O) groups is 1. The van der Waals surface area contributed by atoms with Gasteiger partial charge in [-0.1, -0.05) is 34.8 Å². The Hall–Kier alpha value is -3.83. The molecule has 1 amide bonds. The predicted molar refractivity (Wildman–Crippen MR) is 129 cm³/mol. The quantitative estimate of drug-likeness (QED) is 0.202. The summed E-state index contributed by atoms with van der Waals surface area (Å²) in [5, 5.41) is 16.9. The number of hydrogen-bond acceptors (Lipinski definition) is 9. The van der Waals surface area contributed by atoms with E-state index >= 15 is 0 Å². The number of methoxy groups -OCH3 is 2. The first kappa shape index (κ1) is 22.4. The van der Waals surface area contributed by atoms with Crippen molar-refractivity contribution in [3.05, 3.63) is 74.6 Å². The van der Waals surface area contributed by atoms with Gasteiger partial charge in [0.1, 0.15) is 0 Å². The highest BCUT2D eigenvalue weighted by Crippen LogP contribution is 2.35. The summed E-state index contributed by atoms with van der Waals surface area (Å²) in [5.41, 5.74) is 2.04. The molecule has 0 aliphatic carbocycles. The number of ether oxygens (including phenoxy) is 2. The van der Waals surface area contributed by atoms with Crippen LogP contribution in [0, 0.1) is 17.0 Å². The number of thiazole rings is 1. The lowest BCUT2D eigenvalue weighted by atomic mass is 10.1. The lowest BCUT2D eigenvalue weighted by Crippen LogP contribution is -2.26. The lowest BCUT2D eigenvalue weighted by Gasteiger charge is -2.17. The third kappa shape index (κ3) is 4.54. The Morgan fingerprint density at radius 2 is 1.97 bits per heavy atom. The van der Waals surface area contributed by atoms with Gasteiger partial charge >= 0.3 is 5.00 Å². The van der Waals surface area contributed by atoms with Crippen LogP contribution in [0.4, 0.5) is 10.1 Å². The summed E-state index contributed by atoms with van der Waals surface area (Å²) in [6, 6.07) is 13.8. The first-order valence-electron chi connectivity index (χ1n) is 9.62. The summed E-state index contributed by atoms with van der Waals surface area (Å²) in [7, 11) is 2.94. The molecule has 0 aliphatic rings. The zero-order valence-electron chi connectivity index (χ0n) is 17.8. The van der Waals surface area contributed by atoms with Crippen LogP contribution < -0.4 is 14.5 Å². The number of aryl methyl sites for hydroxylation is 1. The molecule has 0 saturated heterocycles. The smallest absolute Gasteiger partial charge is 0.324 e. The van der Waals surface area contributed by atoms with Crippen molar-refractivity contribution in [2.24, 2.45) is 5.10 Å². The normalized spacial score (nSPS) is 11.1. The van der Waals surface area contributed by atoms with Crippen LogP contribution in [0.3, 0.4) is 0 Å². The molecule has 2 heterocycles. The number of thiophene rings is 1. The minimum absolute atomic E-state index is 0.0146. The zero-order valence-corrected chi connectivity index (χ0v) is 19.5. The SMILES string of the molecule is COc1cccc(C(=O)N(/N=C/c2ccc([N+](=O)[O-])s2)c2nc3ccc(C)cc3s2)c1OC. The van der Waals surface area contributed by atoms with E-state index in [4.69, 9.17) is 9.47 Å². The number of hydrazone groups is 1. The molecule has 0 bridgehead atoms. The fourth-order valence-corrected chi connectivity index (χ4v) is 4.80. The predicted octanol–water partition coefficient (Wildman–Crippen LogP) is 5.27. The largest absolute Gasteiger partial charge is 0.493 e. The van der Waals surface area contributed by atoms with Crippen molar-refractivity contribution in [3.63, 3.8) is 0 Å². The zero-order chi connectivity index (χ0) is 23.5. The molecule has 168 valence electrons. The molecule has 4 rings (SSSR count). The summed E-state index contributed by atoms with van der Waals surface area (Å²) < 4.78 is 11.7. The van der Waals surface area contributed by atoms with E-state index in [2.05, 4.69) is 10.1 Å². The van der Waals surface area contributed by atoms with E-state index in [1.54, 1.807) is 24.3 Å². The van der Waals surface area contributed by atoms with Crippen LogP contribution in [-0.4, -0.2) is 36.2 Å². The van der Waals surface area contributed by atoms with Gasteiger partial charge in [0, 0.05) is 6.07 Å². The number of aromatic nitrogens is 1. The second-order valence-corrected chi connectivity index (χ2v) is 8.91. The van der Waals surface area contributed by atoms with Crippen molar-refractivity contribution in [2.75, 3.05) is 19.2 Å². The summed E-state index contributed by atoms with van der Waals surface area (Å²) in [5.74, 6) is 0.193. The van der Waals surface area contributed by atoms with Gasteiger partial charge in [0.2, 0.25) is 5.13 Å².